The molecule has 2 heterocycles. The van der Waals surface area contributed by atoms with Crippen molar-refractivity contribution < 1.29 is 40.6 Å². The van der Waals surface area contributed by atoms with E-state index in [1.54, 1.807) is 25.1 Å². The molecule has 1 aromatic carbocycles. The molecule has 0 amide bonds. The standard InChI is InChI=1S/C33H42F3N5O6S/c1-6-46-32(42)27-13-22(19-40-30(27)20(2)9-7-8-12-48(5,43)44)28(18-37)31(39)41-21(3)29(33(34,35)36)16-24(41)10-11-47-26-15-23(38)14-25(17-26)45-4/h13-20,28,37,39H,6-12,38H2,1-5H3. The number of methoxy groups -OCH3 is 1. The van der Waals surface area contributed by atoms with Crippen molar-refractivity contribution in [2.75, 3.05) is 38.1 Å². The van der Waals surface area contributed by atoms with Gasteiger partial charge in [0.1, 0.15) is 27.2 Å². The van der Waals surface area contributed by atoms with Gasteiger partial charge in [0, 0.05) is 66.1 Å². The summed E-state index contributed by atoms with van der Waals surface area (Å²) in [5.74, 6) is -1.61. The quantitative estimate of drug-likeness (QED) is 0.0525. The van der Waals surface area contributed by atoms with Crippen molar-refractivity contribution in [3.63, 3.8) is 0 Å². The number of aromatic nitrogens is 2. The van der Waals surface area contributed by atoms with Gasteiger partial charge in [-0.3, -0.25) is 10.4 Å². The number of nitrogens with zero attached hydrogens (tertiary/aromatic N) is 2. The Labute approximate surface area is 278 Å². The van der Waals surface area contributed by atoms with Gasteiger partial charge in [-0.2, -0.15) is 13.2 Å². The maximum atomic E-state index is 14.1. The molecule has 0 aliphatic rings. The van der Waals surface area contributed by atoms with Crippen molar-refractivity contribution in [2.24, 2.45) is 0 Å². The molecule has 0 bridgehead atoms. The first-order valence-electron chi connectivity index (χ1n) is 15.3. The van der Waals surface area contributed by atoms with Gasteiger partial charge in [0.2, 0.25) is 0 Å². The van der Waals surface area contributed by atoms with Crippen LogP contribution in [0.2, 0.25) is 0 Å². The number of ether oxygens (including phenoxy) is 3. The van der Waals surface area contributed by atoms with Crippen LogP contribution in [0.25, 0.3) is 0 Å². The molecule has 2 atom stereocenters. The molecule has 4 N–H and O–H groups in total. The second kappa shape index (κ2) is 16.1. The molecule has 2 aromatic heterocycles. The fourth-order valence-corrected chi connectivity index (χ4v) is 6.12. The van der Waals surface area contributed by atoms with Crippen LogP contribution in [0.5, 0.6) is 11.5 Å². The number of hydrogen-bond donors (Lipinski definition) is 3. The highest BCUT2D eigenvalue weighted by molar-refractivity contribution is 7.90. The van der Waals surface area contributed by atoms with Crippen molar-refractivity contribution in [1.82, 2.24) is 9.55 Å². The van der Waals surface area contributed by atoms with Crippen LogP contribution in [0.3, 0.4) is 0 Å². The number of carbonyl (C=O) groups excluding carboxylic acids is 1. The van der Waals surface area contributed by atoms with E-state index >= 15 is 0 Å². The molecule has 262 valence electrons. The van der Waals surface area contributed by atoms with Crippen LogP contribution in [0, 0.1) is 17.7 Å². The van der Waals surface area contributed by atoms with E-state index in [4.69, 9.17) is 30.8 Å². The number of anilines is 1. The molecule has 15 heteroatoms. The second-order valence-corrected chi connectivity index (χ2v) is 13.7. The number of rotatable bonds is 16. The van der Waals surface area contributed by atoms with Gasteiger partial charge in [-0.15, -0.1) is 0 Å². The Morgan fingerprint density at radius 1 is 1.15 bits per heavy atom. The molecule has 0 aliphatic carbocycles. The smallest absolute Gasteiger partial charge is 0.418 e. The largest absolute Gasteiger partial charge is 0.497 e. The number of alkyl halides is 3. The third-order valence-electron chi connectivity index (χ3n) is 7.76. The number of benzene rings is 1. The third kappa shape index (κ3) is 9.81. The molecular weight excluding hydrogens is 651 g/mol. The van der Waals surface area contributed by atoms with E-state index in [0.29, 0.717) is 42.1 Å². The summed E-state index contributed by atoms with van der Waals surface area (Å²) in [7, 11) is -1.65. The lowest BCUT2D eigenvalue weighted by atomic mass is 9.92. The molecule has 3 rings (SSSR count). The molecule has 0 spiro atoms. The Morgan fingerprint density at radius 2 is 1.83 bits per heavy atom. The Morgan fingerprint density at radius 3 is 2.44 bits per heavy atom. The Hall–Kier alpha value is -4.40. The van der Waals surface area contributed by atoms with E-state index in [1.165, 1.54) is 32.6 Å². The summed E-state index contributed by atoms with van der Waals surface area (Å²) in [4.78, 5) is 17.5. The van der Waals surface area contributed by atoms with Crippen molar-refractivity contribution in [3.8, 4) is 11.5 Å². The van der Waals surface area contributed by atoms with Gasteiger partial charge in [-0.05, 0) is 50.3 Å². The molecular formula is C33H42F3N5O6S. The van der Waals surface area contributed by atoms with Crippen molar-refractivity contribution >= 4 is 33.5 Å². The van der Waals surface area contributed by atoms with E-state index in [9.17, 15) is 26.4 Å². The minimum absolute atomic E-state index is 0.0246. The number of esters is 1. The zero-order valence-corrected chi connectivity index (χ0v) is 28.4. The average Bonchev–Trinajstić information content (AvgIpc) is 3.35. The first-order valence-corrected chi connectivity index (χ1v) is 17.4. The predicted molar refractivity (Wildman–Crippen MR) is 178 cm³/mol. The van der Waals surface area contributed by atoms with Crippen LogP contribution in [-0.2, 0) is 27.2 Å². The van der Waals surface area contributed by atoms with E-state index in [-0.39, 0.29) is 59.7 Å². The van der Waals surface area contributed by atoms with Gasteiger partial charge in [0.05, 0.1) is 43.1 Å². The summed E-state index contributed by atoms with van der Waals surface area (Å²) in [6.07, 6.45) is 0.299. The number of nitrogens with one attached hydrogen (secondary N) is 2. The lowest BCUT2D eigenvalue weighted by molar-refractivity contribution is -0.138. The summed E-state index contributed by atoms with van der Waals surface area (Å²) >= 11 is 0. The van der Waals surface area contributed by atoms with Crippen molar-refractivity contribution in [3.05, 3.63) is 70.3 Å². The summed E-state index contributed by atoms with van der Waals surface area (Å²) in [6.45, 7) is 4.76. The van der Waals surface area contributed by atoms with Crippen LogP contribution in [0.1, 0.15) is 83.5 Å². The molecule has 11 nitrogen and oxygen atoms in total. The monoisotopic (exact) mass is 693 g/mol. The summed E-state index contributed by atoms with van der Waals surface area (Å²) in [6, 6.07) is 7.15. The lowest BCUT2D eigenvalue weighted by Gasteiger charge is -2.21. The second-order valence-electron chi connectivity index (χ2n) is 11.5. The maximum absolute atomic E-state index is 14.1. The van der Waals surface area contributed by atoms with Gasteiger partial charge in [-0.1, -0.05) is 13.3 Å². The Kier molecular flexibility index (Phi) is 12.8. The van der Waals surface area contributed by atoms with Gasteiger partial charge >= 0.3 is 12.1 Å². The molecule has 2 unspecified atom stereocenters. The lowest BCUT2D eigenvalue weighted by Crippen LogP contribution is -2.26. The number of pyridine rings is 1. The molecule has 0 saturated heterocycles. The number of sulfone groups is 1. The molecule has 3 aromatic rings. The number of hydrogen-bond acceptors (Lipinski definition) is 10. The molecule has 0 fully saturated rings. The Bertz CT molecular complexity index is 1740. The van der Waals surface area contributed by atoms with Crippen LogP contribution in [0.15, 0.2) is 36.5 Å². The van der Waals surface area contributed by atoms with Crippen LogP contribution >= 0.6 is 0 Å². The minimum atomic E-state index is -4.70. The number of carbonyl (C=O) groups is 1. The van der Waals surface area contributed by atoms with Gasteiger partial charge in [0.15, 0.2) is 0 Å². The normalized spacial score (nSPS) is 13.1. The fraction of sp³-hybridized carbons (Fsp3) is 0.455. The van der Waals surface area contributed by atoms with Gasteiger partial charge < -0.3 is 29.9 Å². The number of nitrogens with two attached hydrogens (primary N) is 1. The first-order chi connectivity index (χ1) is 22.5. The zero-order chi connectivity index (χ0) is 35.8. The van der Waals surface area contributed by atoms with Gasteiger partial charge in [0.25, 0.3) is 0 Å². The molecule has 48 heavy (non-hydrogen) atoms. The average molecular weight is 694 g/mol. The molecule has 0 saturated carbocycles. The number of nitrogen functional groups attached to an aromatic ring is 1. The highest BCUT2D eigenvalue weighted by Gasteiger charge is 2.37. The molecule has 0 aliphatic heterocycles. The van der Waals surface area contributed by atoms with E-state index < -0.39 is 33.5 Å². The Balaban J connectivity index is 1.96. The maximum Gasteiger partial charge on any atom is 0.418 e. The fourth-order valence-electron chi connectivity index (χ4n) is 5.40. The minimum Gasteiger partial charge on any atom is -0.497 e. The van der Waals surface area contributed by atoms with Gasteiger partial charge in [-0.25, -0.2) is 13.2 Å². The number of unbranched alkanes of at least 4 members (excludes halogenated alkanes) is 1. The van der Waals surface area contributed by atoms with Crippen molar-refractivity contribution in [2.45, 2.75) is 64.5 Å². The first kappa shape index (κ1) is 38.1. The van der Waals surface area contributed by atoms with Crippen molar-refractivity contribution in [1.29, 1.82) is 10.8 Å². The summed E-state index contributed by atoms with van der Waals surface area (Å²) in [5, 5.41) is 17.2. The van der Waals surface area contributed by atoms with Crippen LogP contribution in [0.4, 0.5) is 18.9 Å². The third-order valence-corrected chi connectivity index (χ3v) is 8.79. The summed E-state index contributed by atoms with van der Waals surface area (Å²) < 4.78 is 82.5. The summed E-state index contributed by atoms with van der Waals surface area (Å²) in [5.41, 5.74) is 5.96. The highest BCUT2D eigenvalue weighted by atomic mass is 32.2. The SMILES string of the molecule is CCOC(=O)c1cc(C(C=N)C(=N)n2c(CCOc3cc(N)cc(OC)c3)cc(C(F)(F)F)c2C)cnc1C(C)CCCCS(C)(=O)=O. The predicted octanol–water partition coefficient (Wildman–Crippen LogP) is 6.18. The molecule has 0 radical (unpaired) electrons. The highest BCUT2D eigenvalue weighted by Crippen LogP contribution is 2.35. The zero-order valence-electron chi connectivity index (χ0n) is 27.6. The van der Waals surface area contributed by atoms with E-state index in [0.717, 1.165) is 16.8 Å². The number of halogens is 3. The topological polar surface area (TPSA) is 170 Å². The van der Waals surface area contributed by atoms with Crippen LogP contribution in [-0.4, -0.2) is 68.3 Å². The van der Waals surface area contributed by atoms with Crippen LogP contribution < -0.4 is 15.2 Å². The van der Waals surface area contributed by atoms with E-state index in [2.05, 4.69) is 4.98 Å². The van der Waals surface area contributed by atoms with E-state index in [1.807, 2.05) is 6.92 Å².